The Hall–Kier alpha value is -1.35. The topological polar surface area (TPSA) is 29.9 Å². The summed E-state index contributed by atoms with van der Waals surface area (Å²) in [7, 11) is 0. The van der Waals surface area contributed by atoms with E-state index in [2.05, 4.69) is 41.1 Å². The van der Waals surface area contributed by atoms with Crippen LogP contribution in [-0.4, -0.2) is 21.6 Å². The molecule has 0 spiro atoms. The summed E-state index contributed by atoms with van der Waals surface area (Å²) in [5.74, 6) is 1.26. The van der Waals surface area contributed by atoms with Gasteiger partial charge in [0.15, 0.2) is 0 Å². The number of fused-ring (bicyclic) bond motifs is 3. The zero-order valence-corrected chi connectivity index (χ0v) is 11.5. The highest BCUT2D eigenvalue weighted by molar-refractivity contribution is 5.76. The lowest BCUT2D eigenvalue weighted by molar-refractivity contribution is 0.299. The second-order valence-corrected chi connectivity index (χ2v) is 6.00. The van der Waals surface area contributed by atoms with Gasteiger partial charge in [0, 0.05) is 24.5 Å². The summed E-state index contributed by atoms with van der Waals surface area (Å²) in [6.07, 6.45) is 6.27. The molecule has 0 saturated carbocycles. The molecule has 0 unspecified atom stereocenters. The summed E-state index contributed by atoms with van der Waals surface area (Å²) in [4.78, 5) is 4.82. The molecule has 0 radical (unpaired) electrons. The molecule has 3 atom stereocenters. The standard InChI is InChI=1S/C16H21N3/c1-2-16-18-14-5-3-4-6-15(14)19(16)13-9-11-7-8-12(10-13)17-11/h3-6,11-13,17H,2,7-10H2,1H3/t11-,12+,13+. The van der Waals surface area contributed by atoms with Crippen LogP contribution in [-0.2, 0) is 6.42 Å². The summed E-state index contributed by atoms with van der Waals surface area (Å²) in [5.41, 5.74) is 2.48. The van der Waals surface area contributed by atoms with Crippen LogP contribution in [0.3, 0.4) is 0 Å². The number of aryl methyl sites for hydroxylation is 1. The lowest BCUT2D eigenvalue weighted by atomic mass is 9.99. The summed E-state index contributed by atoms with van der Waals surface area (Å²) in [5, 5.41) is 3.73. The van der Waals surface area contributed by atoms with Gasteiger partial charge in [-0.15, -0.1) is 0 Å². The van der Waals surface area contributed by atoms with Crippen LogP contribution in [0.2, 0.25) is 0 Å². The van der Waals surface area contributed by atoms with Gasteiger partial charge in [0.1, 0.15) is 5.82 Å². The highest BCUT2D eigenvalue weighted by Gasteiger charge is 2.35. The van der Waals surface area contributed by atoms with E-state index in [0.29, 0.717) is 6.04 Å². The SMILES string of the molecule is CCc1nc2ccccc2n1[C@H]1C[C@H]2CC[C@@H](C1)N2. The van der Waals surface area contributed by atoms with E-state index in [4.69, 9.17) is 4.98 Å². The Bertz CT molecular complexity index is 589. The van der Waals surface area contributed by atoms with Gasteiger partial charge >= 0.3 is 0 Å². The number of nitrogens with one attached hydrogen (secondary N) is 1. The molecule has 2 saturated heterocycles. The van der Waals surface area contributed by atoms with Crippen molar-refractivity contribution in [1.82, 2.24) is 14.9 Å². The normalized spacial score (nSPS) is 30.1. The smallest absolute Gasteiger partial charge is 0.109 e. The second kappa shape index (κ2) is 4.34. The van der Waals surface area contributed by atoms with Crippen molar-refractivity contribution < 1.29 is 0 Å². The average Bonchev–Trinajstić information content (AvgIpc) is 2.98. The molecule has 3 nitrogen and oxygen atoms in total. The number of hydrogen-bond donors (Lipinski definition) is 1. The Morgan fingerprint density at radius 1 is 1.21 bits per heavy atom. The molecular weight excluding hydrogens is 234 g/mol. The molecule has 1 N–H and O–H groups in total. The number of aromatic nitrogens is 2. The van der Waals surface area contributed by atoms with E-state index in [9.17, 15) is 0 Å². The first-order valence-electron chi connectivity index (χ1n) is 7.57. The van der Waals surface area contributed by atoms with Gasteiger partial charge in [-0.3, -0.25) is 0 Å². The lowest BCUT2D eigenvalue weighted by Crippen LogP contribution is -2.39. The Labute approximate surface area is 114 Å². The number of para-hydroxylation sites is 2. The average molecular weight is 255 g/mol. The van der Waals surface area contributed by atoms with Gasteiger partial charge in [0.2, 0.25) is 0 Å². The van der Waals surface area contributed by atoms with E-state index in [-0.39, 0.29) is 0 Å². The number of piperidine rings is 1. The van der Waals surface area contributed by atoms with Crippen LogP contribution in [0.1, 0.15) is 44.5 Å². The largest absolute Gasteiger partial charge is 0.325 e. The summed E-state index contributed by atoms with van der Waals surface area (Å²) < 4.78 is 2.53. The molecule has 3 heterocycles. The van der Waals surface area contributed by atoms with Gasteiger partial charge < -0.3 is 9.88 Å². The molecule has 2 fully saturated rings. The van der Waals surface area contributed by atoms with Crippen LogP contribution < -0.4 is 5.32 Å². The van der Waals surface area contributed by atoms with Crippen LogP contribution in [0.5, 0.6) is 0 Å². The molecule has 2 bridgehead atoms. The number of hydrogen-bond acceptors (Lipinski definition) is 2. The molecule has 2 aliphatic rings. The van der Waals surface area contributed by atoms with Crippen molar-refractivity contribution in [2.24, 2.45) is 0 Å². The molecule has 2 aromatic rings. The van der Waals surface area contributed by atoms with Crippen molar-refractivity contribution in [3.63, 3.8) is 0 Å². The Kier molecular flexibility index (Phi) is 2.62. The van der Waals surface area contributed by atoms with E-state index in [1.54, 1.807) is 0 Å². The highest BCUT2D eigenvalue weighted by Crippen LogP contribution is 2.36. The van der Waals surface area contributed by atoms with Crippen LogP contribution in [0, 0.1) is 0 Å². The monoisotopic (exact) mass is 255 g/mol. The summed E-state index contributed by atoms with van der Waals surface area (Å²) in [6.45, 7) is 2.22. The predicted octanol–water partition coefficient (Wildman–Crippen LogP) is 3.05. The third kappa shape index (κ3) is 1.79. The zero-order valence-electron chi connectivity index (χ0n) is 11.5. The minimum atomic E-state index is 0.640. The molecule has 0 amide bonds. The lowest BCUT2D eigenvalue weighted by Gasteiger charge is -2.31. The first-order chi connectivity index (χ1) is 9.35. The van der Waals surface area contributed by atoms with E-state index in [0.717, 1.165) is 24.0 Å². The first kappa shape index (κ1) is 11.5. The third-order valence-corrected chi connectivity index (χ3v) is 4.80. The van der Waals surface area contributed by atoms with Crippen LogP contribution in [0.25, 0.3) is 11.0 Å². The third-order valence-electron chi connectivity index (χ3n) is 4.80. The molecule has 19 heavy (non-hydrogen) atoms. The molecule has 3 heteroatoms. The number of nitrogens with zero attached hydrogens (tertiary/aromatic N) is 2. The fraction of sp³-hybridized carbons (Fsp3) is 0.562. The zero-order chi connectivity index (χ0) is 12.8. The Morgan fingerprint density at radius 2 is 1.95 bits per heavy atom. The van der Waals surface area contributed by atoms with Crippen molar-refractivity contribution in [3.05, 3.63) is 30.1 Å². The number of benzene rings is 1. The van der Waals surface area contributed by atoms with Gasteiger partial charge in [-0.05, 0) is 37.8 Å². The minimum Gasteiger partial charge on any atom is -0.325 e. The number of rotatable bonds is 2. The van der Waals surface area contributed by atoms with E-state index in [1.807, 2.05) is 0 Å². The molecule has 4 rings (SSSR count). The van der Waals surface area contributed by atoms with Crippen LogP contribution in [0.15, 0.2) is 24.3 Å². The highest BCUT2D eigenvalue weighted by atomic mass is 15.1. The van der Waals surface area contributed by atoms with Crippen LogP contribution in [0.4, 0.5) is 0 Å². The van der Waals surface area contributed by atoms with E-state index < -0.39 is 0 Å². The van der Waals surface area contributed by atoms with E-state index in [1.165, 1.54) is 37.0 Å². The maximum absolute atomic E-state index is 4.82. The Morgan fingerprint density at radius 3 is 2.68 bits per heavy atom. The molecule has 0 aliphatic carbocycles. The van der Waals surface area contributed by atoms with E-state index >= 15 is 0 Å². The fourth-order valence-corrected chi connectivity index (χ4v) is 3.99. The van der Waals surface area contributed by atoms with Crippen molar-refractivity contribution in [2.45, 2.75) is 57.2 Å². The minimum absolute atomic E-state index is 0.640. The maximum Gasteiger partial charge on any atom is 0.109 e. The second-order valence-electron chi connectivity index (χ2n) is 6.00. The van der Waals surface area contributed by atoms with Gasteiger partial charge in [-0.1, -0.05) is 19.1 Å². The Balaban J connectivity index is 1.81. The fourth-order valence-electron chi connectivity index (χ4n) is 3.99. The quantitative estimate of drug-likeness (QED) is 0.894. The van der Waals surface area contributed by atoms with Crippen molar-refractivity contribution in [1.29, 1.82) is 0 Å². The van der Waals surface area contributed by atoms with Gasteiger partial charge in [0.05, 0.1) is 11.0 Å². The van der Waals surface area contributed by atoms with Crippen LogP contribution >= 0.6 is 0 Å². The molecule has 1 aromatic heterocycles. The van der Waals surface area contributed by atoms with Crippen molar-refractivity contribution in [3.8, 4) is 0 Å². The van der Waals surface area contributed by atoms with Gasteiger partial charge in [-0.25, -0.2) is 4.98 Å². The molecule has 1 aromatic carbocycles. The summed E-state index contributed by atoms with van der Waals surface area (Å²) in [6, 6.07) is 10.7. The van der Waals surface area contributed by atoms with Crippen molar-refractivity contribution >= 4 is 11.0 Å². The molecule has 2 aliphatic heterocycles. The number of imidazole rings is 1. The van der Waals surface area contributed by atoms with Crippen molar-refractivity contribution in [2.75, 3.05) is 0 Å². The molecule has 100 valence electrons. The van der Waals surface area contributed by atoms with Gasteiger partial charge in [-0.2, -0.15) is 0 Å². The summed E-state index contributed by atoms with van der Waals surface area (Å²) >= 11 is 0. The maximum atomic E-state index is 4.82. The molecular formula is C16H21N3. The van der Waals surface area contributed by atoms with Gasteiger partial charge in [0.25, 0.3) is 0 Å². The predicted molar refractivity (Wildman–Crippen MR) is 77.3 cm³/mol. The first-order valence-corrected chi connectivity index (χ1v) is 7.57.